The number of unbranched alkanes of at least 4 members (excludes halogenated alkanes) is 16. The van der Waals surface area contributed by atoms with Gasteiger partial charge in [-0.15, -0.1) is 0 Å². The first kappa shape index (κ1) is 53.1. The first-order valence-corrected chi connectivity index (χ1v) is 23.1. The maximum Gasteiger partial charge on any atom is 0.306 e. The van der Waals surface area contributed by atoms with Crippen LogP contribution in [0.2, 0.25) is 0 Å². The van der Waals surface area contributed by atoms with Gasteiger partial charge in [0.15, 0.2) is 6.10 Å². The molecule has 0 amide bonds. The molecular weight excluding hydrogens is 693 g/mol. The van der Waals surface area contributed by atoms with Gasteiger partial charge < -0.3 is 14.2 Å². The summed E-state index contributed by atoms with van der Waals surface area (Å²) < 4.78 is 17.2. The highest BCUT2D eigenvalue weighted by molar-refractivity contribution is 5.70. The fraction of sp³-hybridized carbons (Fsp3) is 0.686. The van der Waals surface area contributed by atoms with Gasteiger partial charge in [-0.25, -0.2) is 0 Å². The summed E-state index contributed by atoms with van der Waals surface area (Å²) in [5, 5.41) is 0. The van der Waals surface area contributed by atoms with Crippen molar-refractivity contribution in [2.45, 2.75) is 207 Å². The summed E-state index contributed by atoms with van der Waals surface area (Å²) in [6.07, 6.45) is 60.2. The van der Waals surface area contributed by atoms with E-state index in [0.717, 1.165) is 83.5 Å². The van der Waals surface area contributed by atoms with Crippen molar-refractivity contribution < 1.29 is 23.8 Å². The lowest BCUT2D eigenvalue weighted by atomic mass is 10.1. The van der Waals surface area contributed by atoms with Crippen molar-refractivity contribution in [2.24, 2.45) is 0 Å². The maximum absolute atomic E-state index is 12.7. The monoisotopic (exact) mass is 779 g/mol. The first-order valence-electron chi connectivity index (χ1n) is 23.1. The van der Waals surface area contributed by atoms with Gasteiger partial charge in [0.1, 0.15) is 6.61 Å². The third-order valence-electron chi connectivity index (χ3n) is 9.40. The van der Waals surface area contributed by atoms with Crippen LogP contribution in [0, 0.1) is 0 Å². The Morgan fingerprint density at radius 2 is 0.857 bits per heavy atom. The summed E-state index contributed by atoms with van der Waals surface area (Å²) >= 11 is 0. The molecule has 0 aromatic rings. The first-order chi connectivity index (χ1) is 27.6. The van der Waals surface area contributed by atoms with Crippen LogP contribution in [-0.2, 0) is 23.8 Å². The molecular formula is C51H86O5. The van der Waals surface area contributed by atoms with Crippen molar-refractivity contribution in [3.05, 3.63) is 85.1 Å². The summed E-state index contributed by atoms with van der Waals surface area (Å²) in [6.45, 7) is 7.54. The van der Waals surface area contributed by atoms with E-state index in [1.165, 1.54) is 83.5 Å². The summed E-state index contributed by atoms with van der Waals surface area (Å²) in [6, 6.07) is 0. The molecule has 56 heavy (non-hydrogen) atoms. The molecule has 0 bridgehead atoms. The van der Waals surface area contributed by atoms with Crippen LogP contribution in [0.15, 0.2) is 85.1 Å². The Morgan fingerprint density at radius 3 is 1.41 bits per heavy atom. The third-order valence-corrected chi connectivity index (χ3v) is 9.40. The Kier molecular flexibility index (Phi) is 44.0. The van der Waals surface area contributed by atoms with Crippen LogP contribution in [0.1, 0.15) is 201 Å². The molecule has 0 aromatic carbocycles. The minimum absolute atomic E-state index is 0.0491. The normalized spacial score (nSPS) is 13.0. The van der Waals surface area contributed by atoms with E-state index >= 15 is 0 Å². The second-order valence-electron chi connectivity index (χ2n) is 14.9. The van der Waals surface area contributed by atoms with Gasteiger partial charge in [-0.05, 0) is 83.5 Å². The Labute approximate surface area is 346 Å². The van der Waals surface area contributed by atoms with Crippen molar-refractivity contribution >= 4 is 11.9 Å². The van der Waals surface area contributed by atoms with Crippen molar-refractivity contribution in [3.8, 4) is 0 Å². The molecule has 0 aliphatic rings. The van der Waals surface area contributed by atoms with Crippen molar-refractivity contribution in [2.75, 3.05) is 19.8 Å². The van der Waals surface area contributed by atoms with E-state index in [0.29, 0.717) is 19.4 Å². The van der Waals surface area contributed by atoms with Crippen LogP contribution < -0.4 is 0 Å². The number of hydrogen-bond acceptors (Lipinski definition) is 5. The Balaban J connectivity index is 4.34. The van der Waals surface area contributed by atoms with E-state index < -0.39 is 6.10 Å². The molecule has 0 spiro atoms. The van der Waals surface area contributed by atoms with E-state index in [-0.39, 0.29) is 25.2 Å². The van der Waals surface area contributed by atoms with Gasteiger partial charge in [0, 0.05) is 19.4 Å². The number of allylic oxidation sites excluding steroid dienone is 14. The molecule has 0 fully saturated rings. The Morgan fingerprint density at radius 1 is 0.411 bits per heavy atom. The molecule has 0 saturated carbocycles. The average molecular weight is 779 g/mol. The van der Waals surface area contributed by atoms with Gasteiger partial charge in [-0.2, -0.15) is 0 Å². The number of esters is 2. The second kappa shape index (κ2) is 46.5. The van der Waals surface area contributed by atoms with Crippen LogP contribution in [-0.4, -0.2) is 37.9 Å². The van der Waals surface area contributed by atoms with E-state index in [1.807, 2.05) is 0 Å². The zero-order valence-electron chi connectivity index (χ0n) is 36.6. The minimum atomic E-state index is -0.564. The molecule has 1 atom stereocenters. The molecule has 0 heterocycles. The van der Waals surface area contributed by atoms with Crippen molar-refractivity contribution in [1.29, 1.82) is 0 Å². The largest absolute Gasteiger partial charge is 0.462 e. The number of rotatable bonds is 41. The van der Waals surface area contributed by atoms with Crippen molar-refractivity contribution in [1.82, 2.24) is 0 Å². The van der Waals surface area contributed by atoms with Gasteiger partial charge in [0.25, 0.3) is 0 Å². The summed E-state index contributed by atoms with van der Waals surface area (Å²) in [4.78, 5) is 25.2. The number of ether oxygens (including phenoxy) is 3. The fourth-order valence-electron chi connectivity index (χ4n) is 5.99. The van der Waals surface area contributed by atoms with Crippen LogP contribution in [0.25, 0.3) is 0 Å². The third kappa shape index (κ3) is 43.8. The molecule has 0 N–H and O–H groups in total. The lowest BCUT2D eigenvalue weighted by Crippen LogP contribution is -2.30. The van der Waals surface area contributed by atoms with Crippen LogP contribution in [0.5, 0.6) is 0 Å². The van der Waals surface area contributed by atoms with Crippen LogP contribution in [0.3, 0.4) is 0 Å². The number of carbonyl (C=O) groups is 2. The standard InChI is InChI=1S/C51H86O5/c1-4-7-10-13-16-19-21-23-25-26-27-28-30-33-35-38-41-44-50(52)55-48-49(56-51(53)45-42-39-36-32-18-15-12-9-6-3)47-54-46-43-40-37-34-31-29-24-22-20-17-14-11-8-5-2/h7,10-11,14,16,19-20,22-23,25,27-28,33,35,49H,4-6,8-9,12-13,15,17-18,21,24,26,29-32,34,36-48H2,1-3H3/b10-7-,14-11-,19-16-,22-20-,25-23-,28-27-,35-33-. The van der Waals surface area contributed by atoms with E-state index in [4.69, 9.17) is 14.2 Å². The Hall–Kier alpha value is -2.92. The van der Waals surface area contributed by atoms with E-state index in [2.05, 4.69) is 106 Å². The number of carbonyl (C=O) groups excluding carboxylic acids is 2. The van der Waals surface area contributed by atoms with Gasteiger partial charge in [-0.3, -0.25) is 9.59 Å². The van der Waals surface area contributed by atoms with Gasteiger partial charge in [0.05, 0.1) is 6.61 Å². The van der Waals surface area contributed by atoms with Gasteiger partial charge in [0.2, 0.25) is 0 Å². The molecule has 0 aliphatic heterocycles. The quantitative estimate of drug-likeness (QED) is 0.0351. The smallest absolute Gasteiger partial charge is 0.306 e. The predicted molar refractivity (Wildman–Crippen MR) is 242 cm³/mol. The van der Waals surface area contributed by atoms with E-state index in [1.54, 1.807) is 0 Å². The van der Waals surface area contributed by atoms with E-state index in [9.17, 15) is 9.59 Å². The highest BCUT2D eigenvalue weighted by Gasteiger charge is 2.17. The van der Waals surface area contributed by atoms with Crippen LogP contribution in [0.4, 0.5) is 0 Å². The molecule has 0 aromatic heterocycles. The predicted octanol–water partition coefficient (Wildman–Crippen LogP) is 15.3. The molecule has 0 radical (unpaired) electrons. The highest BCUT2D eigenvalue weighted by Crippen LogP contribution is 2.13. The molecule has 0 saturated heterocycles. The number of hydrogen-bond donors (Lipinski definition) is 0. The lowest BCUT2D eigenvalue weighted by Gasteiger charge is -2.18. The van der Waals surface area contributed by atoms with Crippen molar-refractivity contribution in [3.63, 3.8) is 0 Å². The molecule has 320 valence electrons. The highest BCUT2D eigenvalue weighted by atomic mass is 16.6. The lowest BCUT2D eigenvalue weighted by molar-refractivity contribution is -0.163. The zero-order valence-corrected chi connectivity index (χ0v) is 36.6. The van der Waals surface area contributed by atoms with Crippen LogP contribution >= 0.6 is 0 Å². The zero-order chi connectivity index (χ0) is 40.7. The molecule has 5 nitrogen and oxygen atoms in total. The van der Waals surface area contributed by atoms with Gasteiger partial charge in [-0.1, -0.05) is 189 Å². The topological polar surface area (TPSA) is 61.8 Å². The van der Waals surface area contributed by atoms with Gasteiger partial charge >= 0.3 is 11.9 Å². The molecule has 0 rings (SSSR count). The molecule has 1 unspecified atom stereocenters. The summed E-state index contributed by atoms with van der Waals surface area (Å²) in [7, 11) is 0. The SMILES string of the molecule is CC/C=C\C/C=C\C/C=C\C/C=C\C/C=C\CCCC(=O)OCC(COCCCCCCCC/C=C\C/C=C\CCC)OC(=O)CCCCCCCCCCC. The average Bonchev–Trinajstić information content (AvgIpc) is 3.20. The summed E-state index contributed by atoms with van der Waals surface area (Å²) in [5.41, 5.74) is 0. The maximum atomic E-state index is 12.7. The molecule has 5 heteroatoms. The second-order valence-corrected chi connectivity index (χ2v) is 14.9. The fourth-order valence-corrected chi connectivity index (χ4v) is 5.99. The minimum Gasteiger partial charge on any atom is -0.462 e. The molecule has 0 aliphatic carbocycles. The summed E-state index contributed by atoms with van der Waals surface area (Å²) in [5.74, 6) is -0.476. The Bertz CT molecular complexity index is 1060.